The number of nitrogens with one attached hydrogen (secondary N) is 2. The number of amides is 2. The van der Waals surface area contributed by atoms with Gasteiger partial charge in [-0.15, -0.1) is 11.3 Å². The fraction of sp³-hybridized carbons (Fsp3) is 0.294. The van der Waals surface area contributed by atoms with Crippen LogP contribution in [0.25, 0.3) is 0 Å². The van der Waals surface area contributed by atoms with Crippen molar-refractivity contribution in [3.8, 4) is 0 Å². The summed E-state index contributed by atoms with van der Waals surface area (Å²) >= 11 is 1.63. The smallest absolute Gasteiger partial charge is 0.237 e. The molecular weight excluding hydrogens is 315 g/mol. The number of aryl methyl sites for hydroxylation is 1. The molecule has 3 rings (SSSR count). The van der Waals surface area contributed by atoms with Crippen molar-refractivity contribution in [3.05, 3.63) is 52.0 Å². The lowest BCUT2D eigenvalue weighted by Gasteiger charge is -2.16. The van der Waals surface area contributed by atoms with Crippen molar-refractivity contribution in [2.75, 3.05) is 11.9 Å². The van der Waals surface area contributed by atoms with E-state index < -0.39 is 17.6 Å². The molecule has 120 valence electrons. The molecule has 0 unspecified atom stereocenters. The Morgan fingerprint density at radius 3 is 2.91 bits per heavy atom. The maximum atomic E-state index is 13.7. The summed E-state index contributed by atoms with van der Waals surface area (Å²) < 4.78 is 13.7. The van der Waals surface area contributed by atoms with Crippen LogP contribution in [0.1, 0.15) is 23.3 Å². The van der Waals surface area contributed by atoms with Crippen molar-refractivity contribution in [3.63, 3.8) is 0 Å². The van der Waals surface area contributed by atoms with E-state index in [1.54, 1.807) is 23.5 Å². The standard InChI is InChI=1S/C17H17FN2O2S/c1-2-11-7-10(9-23-11)12-8-19-16(21)15(12)17(22)20-14-6-4-3-5-13(14)18/h3-7,9,12,15H,2,8H2,1H3,(H,19,21)(H,20,22)/t12-,15-/m1/s1. The summed E-state index contributed by atoms with van der Waals surface area (Å²) in [5, 5.41) is 7.26. The minimum atomic E-state index is -0.839. The van der Waals surface area contributed by atoms with E-state index in [-0.39, 0.29) is 17.5 Å². The Morgan fingerprint density at radius 1 is 1.43 bits per heavy atom. The summed E-state index contributed by atoms with van der Waals surface area (Å²) in [4.78, 5) is 25.8. The molecule has 1 aliphatic rings. The summed E-state index contributed by atoms with van der Waals surface area (Å²) in [5.41, 5.74) is 1.08. The topological polar surface area (TPSA) is 58.2 Å². The van der Waals surface area contributed by atoms with E-state index in [1.165, 1.54) is 17.0 Å². The molecule has 1 saturated heterocycles. The van der Waals surface area contributed by atoms with Gasteiger partial charge in [0.1, 0.15) is 11.7 Å². The van der Waals surface area contributed by atoms with Gasteiger partial charge in [-0.2, -0.15) is 0 Å². The van der Waals surface area contributed by atoms with Gasteiger partial charge < -0.3 is 10.6 Å². The highest BCUT2D eigenvalue weighted by Gasteiger charge is 2.41. The number of thiophene rings is 1. The Labute approximate surface area is 137 Å². The number of rotatable bonds is 4. The number of carbonyl (C=O) groups is 2. The zero-order chi connectivity index (χ0) is 16.4. The lowest BCUT2D eigenvalue weighted by molar-refractivity contribution is -0.130. The van der Waals surface area contributed by atoms with Gasteiger partial charge in [-0.25, -0.2) is 4.39 Å². The number of para-hydroxylation sites is 1. The van der Waals surface area contributed by atoms with Gasteiger partial charge in [0.2, 0.25) is 11.8 Å². The highest BCUT2D eigenvalue weighted by atomic mass is 32.1. The van der Waals surface area contributed by atoms with Crippen molar-refractivity contribution in [1.82, 2.24) is 5.32 Å². The molecule has 2 N–H and O–H groups in total. The second-order valence-electron chi connectivity index (χ2n) is 5.50. The molecule has 2 aromatic rings. The number of halogens is 1. The third-order valence-electron chi connectivity index (χ3n) is 4.05. The van der Waals surface area contributed by atoms with Gasteiger partial charge in [-0.1, -0.05) is 19.1 Å². The molecule has 1 fully saturated rings. The molecule has 2 heterocycles. The highest BCUT2D eigenvalue weighted by Crippen LogP contribution is 2.33. The SMILES string of the molecule is CCc1cc([C@H]2CNC(=O)[C@@H]2C(=O)Nc2ccccc2F)cs1. The lowest BCUT2D eigenvalue weighted by Crippen LogP contribution is -2.32. The molecule has 1 aromatic carbocycles. The van der Waals surface area contributed by atoms with Crippen LogP contribution in [-0.4, -0.2) is 18.4 Å². The van der Waals surface area contributed by atoms with Gasteiger partial charge in [0.15, 0.2) is 0 Å². The Morgan fingerprint density at radius 2 is 2.22 bits per heavy atom. The molecule has 23 heavy (non-hydrogen) atoms. The van der Waals surface area contributed by atoms with Crippen LogP contribution in [0.15, 0.2) is 35.7 Å². The molecule has 4 nitrogen and oxygen atoms in total. The maximum Gasteiger partial charge on any atom is 0.237 e. The van der Waals surface area contributed by atoms with Crippen LogP contribution in [-0.2, 0) is 16.0 Å². The molecule has 0 spiro atoms. The Kier molecular flexibility index (Phi) is 4.43. The zero-order valence-electron chi connectivity index (χ0n) is 12.6. The largest absolute Gasteiger partial charge is 0.355 e. The monoisotopic (exact) mass is 332 g/mol. The van der Waals surface area contributed by atoms with Gasteiger partial charge in [-0.3, -0.25) is 9.59 Å². The van der Waals surface area contributed by atoms with Gasteiger partial charge >= 0.3 is 0 Å². The van der Waals surface area contributed by atoms with Crippen LogP contribution in [0.5, 0.6) is 0 Å². The zero-order valence-corrected chi connectivity index (χ0v) is 13.5. The van der Waals surface area contributed by atoms with Crippen molar-refractivity contribution < 1.29 is 14.0 Å². The number of carbonyl (C=O) groups excluding carboxylic acids is 2. The minimum Gasteiger partial charge on any atom is -0.355 e. The summed E-state index contributed by atoms with van der Waals surface area (Å²) in [5.74, 6) is -2.35. The van der Waals surface area contributed by atoms with Crippen LogP contribution >= 0.6 is 11.3 Å². The van der Waals surface area contributed by atoms with Gasteiger partial charge in [-0.05, 0) is 35.6 Å². The Balaban J connectivity index is 1.82. The van der Waals surface area contributed by atoms with E-state index in [0.717, 1.165) is 12.0 Å². The predicted octanol–water partition coefficient (Wildman–Crippen LogP) is 2.92. The van der Waals surface area contributed by atoms with Gasteiger partial charge in [0.25, 0.3) is 0 Å². The quantitative estimate of drug-likeness (QED) is 0.846. The molecule has 2 atom stereocenters. The second kappa shape index (κ2) is 6.50. The second-order valence-corrected chi connectivity index (χ2v) is 6.49. The van der Waals surface area contributed by atoms with E-state index in [1.807, 2.05) is 11.4 Å². The fourth-order valence-electron chi connectivity index (χ4n) is 2.78. The van der Waals surface area contributed by atoms with Gasteiger partial charge in [0, 0.05) is 17.3 Å². The van der Waals surface area contributed by atoms with Crippen LogP contribution in [0.2, 0.25) is 0 Å². The third kappa shape index (κ3) is 3.12. The van der Waals surface area contributed by atoms with Crippen LogP contribution < -0.4 is 10.6 Å². The third-order valence-corrected chi connectivity index (χ3v) is 5.15. The number of benzene rings is 1. The molecule has 0 saturated carbocycles. The summed E-state index contributed by atoms with van der Waals surface area (Å²) in [6.45, 7) is 2.49. The Hall–Kier alpha value is -2.21. The first-order valence-electron chi connectivity index (χ1n) is 7.50. The number of hydrogen-bond acceptors (Lipinski definition) is 3. The first-order valence-corrected chi connectivity index (χ1v) is 8.38. The lowest BCUT2D eigenvalue weighted by atomic mass is 9.89. The normalized spacial score (nSPS) is 20.3. The number of hydrogen-bond donors (Lipinski definition) is 2. The van der Waals surface area contributed by atoms with Crippen molar-refractivity contribution in [2.24, 2.45) is 5.92 Å². The average molecular weight is 332 g/mol. The molecule has 2 amide bonds. The minimum absolute atomic E-state index is 0.0931. The average Bonchev–Trinajstić information content (AvgIpc) is 3.15. The maximum absolute atomic E-state index is 13.7. The van der Waals surface area contributed by atoms with Gasteiger partial charge in [0.05, 0.1) is 5.69 Å². The van der Waals surface area contributed by atoms with Crippen LogP contribution in [0.4, 0.5) is 10.1 Å². The van der Waals surface area contributed by atoms with Crippen molar-refractivity contribution >= 4 is 28.8 Å². The predicted molar refractivity (Wildman–Crippen MR) is 88.0 cm³/mol. The molecule has 0 bridgehead atoms. The first-order chi connectivity index (χ1) is 11.1. The molecular formula is C17H17FN2O2S. The molecule has 0 aliphatic carbocycles. The van der Waals surface area contributed by atoms with Crippen LogP contribution in [0.3, 0.4) is 0 Å². The summed E-state index contributed by atoms with van der Waals surface area (Å²) in [6.07, 6.45) is 0.921. The van der Waals surface area contributed by atoms with E-state index in [0.29, 0.717) is 6.54 Å². The fourth-order valence-corrected chi connectivity index (χ4v) is 3.68. The first kappa shape index (κ1) is 15.7. The molecule has 1 aromatic heterocycles. The van der Waals surface area contributed by atoms with Crippen molar-refractivity contribution in [2.45, 2.75) is 19.3 Å². The molecule has 1 aliphatic heterocycles. The van der Waals surface area contributed by atoms with E-state index in [2.05, 4.69) is 17.6 Å². The van der Waals surface area contributed by atoms with Crippen molar-refractivity contribution in [1.29, 1.82) is 0 Å². The number of anilines is 1. The van der Waals surface area contributed by atoms with E-state index in [9.17, 15) is 14.0 Å². The van der Waals surface area contributed by atoms with Crippen LogP contribution in [0, 0.1) is 11.7 Å². The summed E-state index contributed by atoms with van der Waals surface area (Å²) in [6, 6.07) is 7.98. The summed E-state index contributed by atoms with van der Waals surface area (Å²) in [7, 11) is 0. The van der Waals surface area contributed by atoms with E-state index in [4.69, 9.17) is 0 Å². The van der Waals surface area contributed by atoms with E-state index >= 15 is 0 Å². The molecule has 6 heteroatoms. The Bertz CT molecular complexity index is 744. The highest BCUT2D eigenvalue weighted by molar-refractivity contribution is 7.10. The molecule has 0 radical (unpaired) electrons.